The van der Waals surface area contributed by atoms with Crippen LogP contribution < -0.4 is 5.32 Å². The van der Waals surface area contributed by atoms with Crippen LogP contribution in [0.1, 0.15) is 11.1 Å². The summed E-state index contributed by atoms with van der Waals surface area (Å²) in [4.78, 5) is 26.2. The number of amides is 1. The summed E-state index contributed by atoms with van der Waals surface area (Å²) < 4.78 is 13.6. The third kappa shape index (κ3) is 2.98. The Balaban J connectivity index is 1.92. The normalized spacial score (nSPS) is 15.4. The molecule has 0 saturated heterocycles. The highest BCUT2D eigenvalue weighted by molar-refractivity contribution is 6.19. The van der Waals surface area contributed by atoms with Gasteiger partial charge in [-0.15, -0.1) is 0 Å². The van der Waals surface area contributed by atoms with Gasteiger partial charge in [-0.05, 0) is 24.3 Å². The molecule has 0 aromatic heterocycles. The number of nitrogens with zero attached hydrogens (tertiary/aromatic N) is 2. The van der Waals surface area contributed by atoms with E-state index in [0.29, 0.717) is 5.56 Å². The van der Waals surface area contributed by atoms with Crippen LogP contribution in [0.3, 0.4) is 0 Å². The summed E-state index contributed by atoms with van der Waals surface area (Å²) in [6.45, 7) is 0. The lowest BCUT2D eigenvalue weighted by Gasteiger charge is -1.99. The molecule has 0 bridgehead atoms. The fourth-order valence-corrected chi connectivity index (χ4v) is 2.09. The lowest BCUT2D eigenvalue weighted by molar-refractivity contribution is -0.384. The van der Waals surface area contributed by atoms with Crippen molar-refractivity contribution in [2.75, 3.05) is 0 Å². The first kappa shape index (κ1) is 14.6. The van der Waals surface area contributed by atoms with E-state index in [2.05, 4.69) is 10.3 Å². The fraction of sp³-hybridized carbons (Fsp3) is 0. The number of carbonyl (C=O) groups excluding carboxylic acids is 1. The van der Waals surface area contributed by atoms with Crippen molar-refractivity contribution >= 4 is 23.5 Å². The third-order valence-corrected chi connectivity index (χ3v) is 3.25. The molecule has 0 radical (unpaired) electrons. The Kier molecular flexibility index (Phi) is 3.68. The molecule has 7 heteroatoms. The molecule has 23 heavy (non-hydrogen) atoms. The summed E-state index contributed by atoms with van der Waals surface area (Å²) in [6.07, 6.45) is 1.35. The van der Waals surface area contributed by atoms with Crippen LogP contribution in [0, 0.1) is 15.9 Å². The average molecular weight is 311 g/mol. The van der Waals surface area contributed by atoms with E-state index in [4.69, 9.17) is 0 Å². The Morgan fingerprint density at radius 3 is 2.48 bits per heavy atom. The minimum atomic E-state index is -0.512. The van der Waals surface area contributed by atoms with Crippen molar-refractivity contribution in [3.8, 4) is 0 Å². The predicted molar refractivity (Wildman–Crippen MR) is 82.2 cm³/mol. The second kappa shape index (κ2) is 5.80. The average Bonchev–Trinajstić information content (AvgIpc) is 2.91. The number of aliphatic imine (C=N–C) groups is 1. The van der Waals surface area contributed by atoms with Gasteiger partial charge in [0.2, 0.25) is 0 Å². The molecule has 0 saturated carbocycles. The highest BCUT2D eigenvalue weighted by Crippen LogP contribution is 2.18. The van der Waals surface area contributed by atoms with E-state index in [1.807, 2.05) is 0 Å². The maximum absolute atomic E-state index is 13.6. The first-order valence-corrected chi connectivity index (χ1v) is 6.66. The number of carbonyl (C=O) groups is 1. The second-order valence-electron chi connectivity index (χ2n) is 4.77. The maximum Gasteiger partial charge on any atom is 0.275 e. The zero-order valence-electron chi connectivity index (χ0n) is 11.7. The van der Waals surface area contributed by atoms with E-state index in [-0.39, 0.29) is 22.8 Å². The van der Waals surface area contributed by atoms with Crippen LogP contribution in [0.15, 0.2) is 59.2 Å². The molecule has 3 rings (SSSR count). The summed E-state index contributed by atoms with van der Waals surface area (Å²) in [5.41, 5.74) is 0.802. The van der Waals surface area contributed by atoms with Gasteiger partial charge in [0.1, 0.15) is 17.3 Å². The lowest BCUT2D eigenvalue weighted by Crippen LogP contribution is -2.24. The van der Waals surface area contributed by atoms with Gasteiger partial charge >= 0.3 is 0 Å². The summed E-state index contributed by atoms with van der Waals surface area (Å²) in [6, 6.07) is 11.7. The Labute approximate surface area is 130 Å². The van der Waals surface area contributed by atoms with Crippen molar-refractivity contribution in [3.05, 3.63) is 81.3 Å². The topological polar surface area (TPSA) is 84.6 Å². The molecule has 1 aliphatic heterocycles. The van der Waals surface area contributed by atoms with Gasteiger partial charge in [0.05, 0.1) is 4.92 Å². The van der Waals surface area contributed by atoms with E-state index in [9.17, 15) is 19.3 Å². The number of nitrogens with one attached hydrogen (secondary N) is 1. The molecule has 114 valence electrons. The van der Waals surface area contributed by atoms with Gasteiger partial charge in [-0.25, -0.2) is 9.38 Å². The Morgan fingerprint density at radius 1 is 1.13 bits per heavy atom. The Bertz CT molecular complexity index is 857. The fourth-order valence-electron chi connectivity index (χ4n) is 2.09. The number of nitro benzene ring substituents is 1. The molecule has 1 heterocycles. The molecule has 6 nitrogen and oxygen atoms in total. The van der Waals surface area contributed by atoms with Crippen LogP contribution in [-0.2, 0) is 4.79 Å². The van der Waals surface area contributed by atoms with Gasteiger partial charge in [0.25, 0.3) is 11.6 Å². The van der Waals surface area contributed by atoms with Crippen LogP contribution in [0.2, 0.25) is 0 Å². The lowest BCUT2D eigenvalue weighted by atomic mass is 10.2. The predicted octanol–water partition coefficient (Wildman–Crippen LogP) is 2.65. The number of non-ortho nitro benzene ring substituents is 1. The molecule has 1 aliphatic rings. The van der Waals surface area contributed by atoms with E-state index >= 15 is 0 Å². The van der Waals surface area contributed by atoms with Crippen LogP contribution >= 0.6 is 0 Å². The number of hydrogen-bond acceptors (Lipinski definition) is 4. The molecule has 0 fully saturated rings. The number of hydrogen-bond donors (Lipinski definition) is 1. The van der Waals surface area contributed by atoms with Crippen LogP contribution in [0.5, 0.6) is 0 Å². The number of benzene rings is 2. The molecule has 0 unspecified atom stereocenters. The van der Waals surface area contributed by atoms with Crippen LogP contribution in [-0.4, -0.2) is 16.7 Å². The molecule has 2 aromatic rings. The monoisotopic (exact) mass is 311 g/mol. The van der Waals surface area contributed by atoms with Crippen molar-refractivity contribution in [3.63, 3.8) is 0 Å². The molecule has 0 atom stereocenters. The van der Waals surface area contributed by atoms with Gasteiger partial charge in [0, 0.05) is 23.3 Å². The van der Waals surface area contributed by atoms with Crippen molar-refractivity contribution in [1.29, 1.82) is 0 Å². The van der Waals surface area contributed by atoms with E-state index < -0.39 is 16.6 Å². The molecule has 1 N–H and O–H groups in total. The van der Waals surface area contributed by atoms with Crippen molar-refractivity contribution in [2.45, 2.75) is 0 Å². The standard InChI is InChI=1S/C16H10FN3O3/c17-13-4-2-1-3-11(13)9-14-16(21)19-15(18-14)10-5-7-12(8-6-10)20(22)23/h1-9H,(H,18,19,21)/b14-9-. The summed E-state index contributed by atoms with van der Waals surface area (Å²) in [7, 11) is 0. The Hall–Kier alpha value is -3.35. The van der Waals surface area contributed by atoms with Gasteiger partial charge < -0.3 is 5.32 Å². The summed E-state index contributed by atoms with van der Waals surface area (Å²) >= 11 is 0. The number of halogens is 1. The zero-order valence-corrected chi connectivity index (χ0v) is 11.7. The largest absolute Gasteiger partial charge is 0.305 e. The minimum Gasteiger partial charge on any atom is -0.305 e. The minimum absolute atomic E-state index is 0.0548. The van der Waals surface area contributed by atoms with Crippen molar-refractivity contribution < 1.29 is 14.1 Å². The highest BCUT2D eigenvalue weighted by Gasteiger charge is 2.22. The Morgan fingerprint density at radius 2 is 1.83 bits per heavy atom. The van der Waals surface area contributed by atoms with E-state index in [1.165, 1.54) is 42.5 Å². The smallest absolute Gasteiger partial charge is 0.275 e. The first-order chi connectivity index (χ1) is 11.0. The number of nitro groups is 1. The van der Waals surface area contributed by atoms with Gasteiger partial charge in [0.15, 0.2) is 0 Å². The van der Waals surface area contributed by atoms with Gasteiger partial charge in [-0.3, -0.25) is 14.9 Å². The first-order valence-electron chi connectivity index (χ1n) is 6.66. The second-order valence-corrected chi connectivity index (χ2v) is 4.77. The molecule has 0 aliphatic carbocycles. The van der Waals surface area contributed by atoms with E-state index in [0.717, 1.165) is 0 Å². The molecular formula is C16H10FN3O3. The van der Waals surface area contributed by atoms with Crippen molar-refractivity contribution in [2.24, 2.45) is 4.99 Å². The third-order valence-electron chi connectivity index (χ3n) is 3.25. The van der Waals surface area contributed by atoms with Crippen LogP contribution in [0.25, 0.3) is 6.08 Å². The molecule has 2 aromatic carbocycles. The zero-order chi connectivity index (χ0) is 16.4. The number of rotatable bonds is 3. The quantitative estimate of drug-likeness (QED) is 0.537. The van der Waals surface area contributed by atoms with Gasteiger partial charge in [-0.2, -0.15) is 0 Å². The molecule has 1 amide bonds. The van der Waals surface area contributed by atoms with E-state index in [1.54, 1.807) is 12.1 Å². The number of amidine groups is 1. The summed E-state index contributed by atoms with van der Waals surface area (Å²) in [5, 5.41) is 13.2. The summed E-state index contributed by atoms with van der Waals surface area (Å²) in [5.74, 6) is -0.638. The van der Waals surface area contributed by atoms with Crippen LogP contribution in [0.4, 0.5) is 10.1 Å². The van der Waals surface area contributed by atoms with Crippen molar-refractivity contribution in [1.82, 2.24) is 5.32 Å². The maximum atomic E-state index is 13.6. The molecular weight excluding hydrogens is 301 g/mol. The van der Waals surface area contributed by atoms with Gasteiger partial charge in [-0.1, -0.05) is 18.2 Å². The highest BCUT2D eigenvalue weighted by atomic mass is 19.1. The SMILES string of the molecule is O=C1NC(c2ccc([N+](=O)[O-])cc2)=N/C1=C\c1ccccc1F. The molecule has 0 spiro atoms.